The summed E-state index contributed by atoms with van der Waals surface area (Å²) in [5.74, 6) is -1.76. The zero-order chi connectivity index (χ0) is 28.3. The third-order valence-corrected chi connectivity index (χ3v) is 9.08. The molecular weight excluding hydrogens is 502 g/mol. The molecule has 1 aromatic heterocycles. The maximum Gasteiger partial charge on any atom is 0.309 e. The van der Waals surface area contributed by atoms with Crippen LogP contribution in [0.3, 0.4) is 0 Å². The Bertz CT molecular complexity index is 1120. The average molecular weight is 546 g/mol. The Morgan fingerprint density at radius 2 is 1.79 bits per heavy atom. The number of carbonyl (C=O) groups excluding carboxylic acids is 2. The lowest BCUT2D eigenvalue weighted by Crippen LogP contribution is -2.45. The normalized spacial score (nSPS) is 32.8. The summed E-state index contributed by atoms with van der Waals surface area (Å²) in [7, 11) is 0. The number of hydrogen-bond acceptors (Lipinski definition) is 8. The molecule has 0 saturated carbocycles. The molecule has 7 nitrogen and oxygen atoms in total. The van der Waals surface area contributed by atoms with Crippen molar-refractivity contribution in [2.75, 3.05) is 0 Å². The molecule has 1 fully saturated rings. The van der Waals surface area contributed by atoms with E-state index < -0.39 is 41.2 Å². The number of carbonyl (C=O) groups is 2. The first kappa shape index (κ1) is 30.4. The second-order valence-electron chi connectivity index (χ2n) is 11.9. The summed E-state index contributed by atoms with van der Waals surface area (Å²) in [5.41, 5.74) is -0.519. The number of thiazole rings is 1. The fourth-order valence-corrected chi connectivity index (χ4v) is 6.16. The molecule has 0 bridgehead atoms. The predicted molar refractivity (Wildman–Crippen MR) is 151 cm³/mol. The molecule has 2 aromatic rings. The van der Waals surface area contributed by atoms with Crippen LogP contribution in [-0.2, 0) is 14.3 Å². The molecule has 0 unspecified atom stereocenters. The molecule has 1 aliphatic heterocycles. The fourth-order valence-electron chi connectivity index (χ4n) is 5.18. The SMILES string of the molecule is C/C(=C\c1nc2ccccc2s1)[C@@H]1CC[C@](C)(O)CCC[C@H](C)[C@H](O)[C@@H](C)C(=O)C(C)(C)[C@@H](O)CC(=O)O1. The van der Waals surface area contributed by atoms with Crippen LogP contribution in [0.2, 0.25) is 0 Å². The molecule has 8 heteroatoms. The summed E-state index contributed by atoms with van der Waals surface area (Å²) in [5, 5.41) is 33.6. The van der Waals surface area contributed by atoms with Gasteiger partial charge in [-0.05, 0) is 69.2 Å². The van der Waals surface area contributed by atoms with Crippen LogP contribution in [0, 0.1) is 17.3 Å². The van der Waals surface area contributed by atoms with Crippen molar-refractivity contribution in [2.24, 2.45) is 17.3 Å². The number of aliphatic hydroxyl groups is 3. The second kappa shape index (κ2) is 12.4. The van der Waals surface area contributed by atoms with Crippen LogP contribution in [-0.4, -0.2) is 56.0 Å². The molecule has 0 radical (unpaired) electrons. The maximum atomic E-state index is 13.3. The molecule has 1 aromatic carbocycles. The number of fused-ring (bicyclic) bond motifs is 1. The molecule has 1 saturated heterocycles. The number of rotatable bonds is 2. The van der Waals surface area contributed by atoms with E-state index in [1.807, 2.05) is 44.2 Å². The number of aromatic nitrogens is 1. The lowest BCUT2D eigenvalue weighted by Gasteiger charge is -2.35. The fraction of sp³-hybridized carbons (Fsp3) is 0.633. The first-order valence-corrected chi connectivity index (χ1v) is 14.4. The van der Waals surface area contributed by atoms with Gasteiger partial charge in [-0.15, -0.1) is 11.3 Å². The molecule has 3 N–H and O–H groups in total. The minimum Gasteiger partial charge on any atom is -0.458 e. The summed E-state index contributed by atoms with van der Waals surface area (Å²) in [6, 6.07) is 7.86. The Balaban J connectivity index is 1.88. The molecule has 0 amide bonds. The molecule has 210 valence electrons. The highest BCUT2D eigenvalue weighted by molar-refractivity contribution is 7.19. The van der Waals surface area contributed by atoms with Gasteiger partial charge in [-0.2, -0.15) is 0 Å². The smallest absolute Gasteiger partial charge is 0.309 e. The summed E-state index contributed by atoms with van der Waals surface area (Å²) in [6.07, 6.45) is 1.49. The molecule has 0 aliphatic carbocycles. The van der Waals surface area contributed by atoms with E-state index in [4.69, 9.17) is 4.74 Å². The maximum absolute atomic E-state index is 13.3. The average Bonchev–Trinajstić information content (AvgIpc) is 3.26. The van der Waals surface area contributed by atoms with Gasteiger partial charge in [0.15, 0.2) is 0 Å². The van der Waals surface area contributed by atoms with Crippen LogP contribution < -0.4 is 0 Å². The lowest BCUT2D eigenvalue weighted by molar-refractivity contribution is -0.155. The minimum atomic E-state index is -1.27. The highest BCUT2D eigenvalue weighted by atomic mass is 32.1. The van der Waals surface area contributed by atoms with Gasteiger partial charge in [-0.25, -0.2) is 4.98 Å². The Hall–Kier alpha value is -2.13. The van der Waals surface area contributed by atoms with E-state index in [1.165, 1.54) is 0 Å². The zero-order valence-corrected chi connectivity index (χ0v) is 24.3. The van der Waals surface area contributed by atoms with Crippen molar-refractivity contribution in [1.82, 2.24) is 4.98 Å². The number of para-hydroxylation sites is 1. The largest absolute Gasteiger partial charge is 0.458 e. The van der Waals surface area contributed by atoms with Crippen molar-refractivity contribution < 1.29 is 29.6 Å². The van der Waals surface area contributed by atoms with Crippen molar-refractivity contribution in [3.05, 3.63) is 34.8 Å². The van der Waals surface area contributed by atoms with Gasteiger partial charge in [0, 0.05) is 5.92 Å². The van der Waals surface area contributed by atoms with Crippen molar-refractivity contribution in [3.8, 4) is 0 Å². The topological polar surface area (TPSA) is 117 Å². The summed E-state index contributed by atoms with van der Waals surface area (Å²) in [6.45, 7) is 10.4. The second-order valence-corrected chi connectivity index (χ2v) is 12.9. The summed E-state index contributed by atoms with van der Waals surface area (Å²) in [4.78, 5) is 30.9. The van der Waals surface area contributed by atoms with Crippen molar-refractivity contribution in [3.63, 3.8) is 0 Å². The Morgan fingerprint density at radius 3 is 2.47 bits per heavy atom. The number of aliphatic hydroxyl groups excluding tert-OH is 2. The number of cyclic esters (lactones) is 1. The molecule has 38 heavy (non-hydrogen) atoms. The Labute approximate surface area is 229 Å². The van der Waals surface area contributed by atoms with Gasteiger partial charge in [0.05, 0.1) is 39.9 Å². The molecule has 2 heterocycles. The van der Waals surface area contributed by atoms with Crippen LogP contribution in [0.4, 0.5) is 0 Å². The zero-order valence-electron chi connectivity index (χ0n) is 23.4. The molecule has 3 rings (SSSR count). The van der Waals surface area contributed by atoms with Crippen molar-refractivity contribution in [1.29, 1.82) is 0 Å². The number of nitrogens with zero attached hydrogens (tertiary/aromatic N) is 1. The lowest BCUT2D eigenvalue weighted by atomic mass is 9.73. The number of hydrogen-bond donors (Lipinski definition) is 3. The van der Waals surface area contributed by atoms with Crippen molar-refractivity contribution >= 4 is 39.4 Å². The molecule has 0 spiro atoms. The molecule has 1 aliphatic rings. The van der Waals surface area contributed by atoms with Crippen LogP contribution >= 0.6 is 11.3 Å². The van der Waals surface area contributed by atoms with Gasteiger partial charge in [0.1, 0.15) is 16.9 Å². The summed E-state index contributed by atoms with van der Waals surface area (Å²) >= 11 is 1.55. The standard InChI is InChI=1S/C30H43NO6S/c1-18-10-9-14-30(6,36)15-13-22(19(2)16-25-31-21-11-7-8-12-23(21)38-25)37-26(33)17-24(32)29(4,5)28(35)20(3)27(18)34/h7-8,11-12,16,18,20,22,24,27,32,34,36H,9-10,13-15,17H2,1-6H3/b19-16+/t18-,20+,22-,24-,27-,30+/m0/s1. The Kier molecular flexibility index (Phi) is 9.90. The predicted octanol–water partition coefficient (Wildman–Crippen LogP) is 5.31. The summed E-state index contributed by atoms with van der Waals surface area (Å²) < 4.78 is 6.92. The quantitative estimate of drug-likeness (QED) is 0.438. The van der Waals surface area contributed by atoms with Gasteiger partial charge < -0.3 is 20.1 Å². The number of esters is 1. The van der Waals surface area contributed by atoms with E-state index in [9.17, 15) is 24.9 Å². The van der Waals surface area contributed by atoms with E-state index in [2.05, 4.69) is 4.98 Å². The third kappa shape index (κ3) is 7.50. The number of Topliss-reactive ketones (excluding diaryl/α,β-unsaturated/α-hetero) is 1. The number of benzene rings is 1. The van der Waals surface area contributed by atoms with Crippen LogP contribution in [0.25, 0.3) is 16.3 Å². The Morgan fingerprint density at radius 1 is 1.11 bits per heavy atom. The van der Waals surface area contributed by atoms with E-state index >= 15 is 0 Å². The monoisotopic (exact) mass is 545 g/mol. The van der Waals surface area contributed by atoms with Crippen LogP contribution in [0.5, 0.6) is 0 Å². The number of ketones is 1. The highest BCUT2D eigenvalue weighted by Gasteiger charge is 2.42. The van der Waals surface area contributed by atoms with Gasteiger partial charge in [0.25, 0.3) is 0 Å². The van der Waals surface area contributed by atoms with E-state index in [1.54, 1.807) is 39.0 Å². The van der Waals surface area contributed by atoms with Crippen LogP contribution in [0.15, 0.2) is 29.8 Å². The first-order chi connectivity index (χ1) is 17.7. The van der Waals surface area contributed by atoms with E-state index in [-0.39, 0.29) is 18.1 Å². The molecule has 6 atom stereocenters. The molecular formula is C30H43NO6S. The highest BCUT2D eigenvalue weighted by Crippen LogP contribution is 2.34. The first-order valence-electron chi connectivity index (χ1n) is 13.6. The van der Waals surface area contributed by atoms with Crippen LogP contribution in [0.1, 0.15) is 85.1 Å². The van der Waals surface area contributed by atoms with Crippen molar-refractivity contribution in [2.45, 2.75) is 104 Å². The van der Waals surface area contributed by atoms with E-state index in [0.29, 0.717) is 32.1 Å². The minimum absolute atomic E-state index is 0.151. The van der Waals surface area contributed by atoms with Gasteiger partial charge in [-0.3, -0.25) is 9.59 Å². The van der Waals surface area contributed by atoms with E-state index in [0.717, 1.165) is 20.8 Å². The van der Waals surface area contributed by atoms with Gasteiger partial charge in [0.2, 0.25) is 0 Å². The third-order valence-electron chi connectivity index (χ3n) is 8.10. The van der Waals surface area contributed by atoms with Gasteiger partial charge >= 0.3 is 5.97 Å². The van der Waals surface area contributed by atoms with Gasteiger partial charge in [-0.1, -0.05) is 46.2 Å². The number of ether oxygens (including phenoxy) is 1.